The summed E-state index contributed by atoms with van der Waals surface area (Å²) in [6.45, 7) is 0.380. The lowest BCUT2D eigenvalue weighted by atomic mass is 9.91. The van der Waals surface area contributed by atoms with Gasteiger partial charge < -0.3 is 15.1 Å². The van der Waals surface area contributed by atoms with Crippen molar-refractivity contribution >= 4 is 34.8 Å². The van der Waals surface area contributed by atoms with Crippen molar-refractivity contribution in [3.63, 3.8) is 0 Å². The molecule has 0 unspecified atom stereocenters. The Morgan fingerprint density at radius 2 is 1.83 bits per heavy atom. The number of benzene rings is 1. The Morgan fingerprint density at radius 3 is 2.42 bits per heavy atom. The summed E-state index contributed by atoms with van der Waals surface area (Å²) in [6.07, 6.45) is 0.0322. The highest BCUT2D eigenvalue weighted by Gasteiger charge is 2.40. The van der Waals surface area contributed by atoms with Crippen molar-refractivity contribution < 1.29 is 19.8 Å². The smallest absolute Gasteiger partial charge is 0.335 e. The van der Waals surface area contributed by atoms with Gasteiger partial charge in [-0.2, -0.15) is 0 Å². The van der Waals surface area contributed by atoms with Crippen LogP contribution in [0.3, 0.4) is 0 Å². The Labute approximate surface area is 147 Å². The molecule has 1 saturated heterocycles. The quantitative estimate of drug-likeness (QED) is 0.871. The fourth-order valence-electron chi connectivity index (χ4n) is 2.55. The van der Waals surface area contributed by atoms with Crippen LogP contribution >= 0.6 is 22.9 Å². The minimum atomic E-state index is -1.74. The van der Waals surface area contributed by atoms with E-state index in [-0.39, 0.29) is 31.8 Å². The van der Waals surface area contributed by atoms with Crippen LogP contribution in [0.25, 0.3) is 10.6 Å². The highest BCUT2D eigenvalue weighted by molar-refractivity contribution is 7.13. The average Bonchev–Trinajstić information content (AvgIpc) is 3.05. The number of rotatable bonds is 3. The molecular weight excluding hydrogens is 352 g/mol. The third-order valence-electron chi connectivity index (χ3n) is 4.09. The monoisotopic (exact) mass is 366 g/mol. The number of aliphatic carboxylic acids is 1. The lowest BCUT2D eigenvalue weighted by Crippen LogP contribution is -2.50. The number of carbonyl (C=O) groups excluding carboxylic acids is 1. The number of aromatic nitrogens is 1. The number of hydrogen-bond donors (Lipinski definition) is 2. The summed E-state index contributed by atoms with van der Waals surface area (Å²) in [5.41, 5.74) is -0.541. The SMILES string of the molecule is O=C(c1csc(-c2ccc(Cl)cc2)n1)N1CCC(O)(C(=O)O)CC1. The summed E-state index contributed by atoms with van der Waals surface area (Å²) in [6, 6.07) is 7.20. The van der Waals surface area contributed by atoms with Gasteiger partial charge in [-0.15, -0.1) is 11.3 Å². The van der Waals surface area contributed by atoms with Crippen LogP contribution in [0.2, 0.25) is 5.02 Å². The third-order valence-corrected chi connectivity index (χ3v) is 5.23. The number of amides is 1. The first kappa shape index (κ1) is 16.9. The van der Waals surface area contributed by atoms with Crippen LogP contribution in [-0.4, -0.2) is 50.7 Å². The normalized spacial score (nSPS) is 16.8. The number of carboxylic acids is 1. The molecule has 0 saturated carbocycles. The summed E-state index contributed by atoms with van der Waals surface area (Å²) in [5, 5.41) is 22.0. The van der Waals surface area contributed by atoms with E-state index in [1.54, 1.807) is 17.5 Å². The van der Waals surface area contributed by atoms with Gasteiger partial charge in [0.05, 0.1) is 0 Å². The number of carbonyl (C=O) groups is 2. The number of piperidine rings is 1. The predicted octanol–water partition coefficient (Wildman–Crippen LogP) is 2.52. The van der Waals surface area contributed by atoms with Crippen molar-refractivity contribution in [2.45, 2.75) is 18.4 Å². The van der Waals surface area contributed by atoms with Crippen LogP contribution in [0.1, 0.15) is 23.3 Å². The van der Waals surface area contributed by atoms with Gasteiger partial charge in [0, 0.05) is 41.9 Å². The lowest BCUT2D eigenvalue weighted by molar-refractivity contribution is -0.162. The zero-order valence-corrected chi connectivity index (χ0v) is 14.2. The molecule has 6 nitrogen and oxygen atoms in total. The molecular formula is C16H15ClN2O4S. The summed E-state index contributed by atoms with van der Waals surface area (Å²) in [4.78, 5) is 29.4. The van der Waals surface area contributed by atoms with E-state index in [2.05, 4.69) is 4.98 Å². The van der Waals surface area contributed by atoms with Crippen molar-refractivity contribution in [1.29, 1.82) is 0 Å². The number of thiazole rings is 1. The summed E-state index contributed by atoms with van der Waals surface area (Å²) < 4.78 is 0. The minimum absolute atomic E-state index is 0.0161. The highest BCUT2D eigenvalue weighted by atomic mass is 35.5. The molecule has 126 valence electrons. The molecule has 1 fully saturated rings. The maximum Gasteiger partial charge on any atom is 0.335 e. The maximum atomic E-state index is 12.5. The average molecular weight is 367 g/mol. The van der Waals surface area contributed by atoms with Crippen molar-refractivity contribution in [2.24, 2.45) is 0 Å². The Kier molecular flexibility index (Phi) is 4.58. The van der Waals surface area contributed by atoms with Crippen LogP contribution in [0.5, 0.6) is 0 Å². The molecule has 3 rings (SSSR count). The Hall–Kier alpha value is -1.96. The number of hydrogen-bond acceptors (Lipinski definition) is 5. The van der Waals surface area contributed by atoms with Crippen molar-refractivity contribution in [3.8, 4) is 10.6 Å². The number of halogens is 1. The van der Waals surface area contributed by atoms with Crippen LogP contribution in [0.15, 0.2) is 29.6 Å². The second-order valence-electron chi connectivity index (χ2n) is 5.67. The molecule has 1 aromatic carbocycles. The summed E-state index contributed by atoms with van der Waals surface area (Å²) >= 11 is 7.22. The van der Waals surface area contributed by atoms with Gasteiger partial charge in [-0.3, -0.25) is 4.79 Å². The van der Waals surface area contributed by atoms with E-state index in [4.69, 9.17) is 16.7 Å². The molecule has 0 atom stereocenters. The van der Waals surface area contributed by atoms with Gasteiger partial charge in [-0.1, -0.05) is 23.7 Å². The Balaban J connectivity index is 1.71. The van der Waals surface area contributed by atoms with E-state index in [0.29, 0.717) is 15.7 Å². The van der Waals surface area contributed by atoms with Crippen LogP contribution in [0.4, 0.5) is 0 Å². The van der Waals surface area contributed by atoms with Crippen LogP contribution in [0, 0.1) is 0 Å². The van der Waals surface area contributed by atoms with E-state index in [1.165, 1.54) is 16.2 Å². The van der Waals surface area contributed by atoms with E-state index < -0.39 is 11.6 Å². The highest BCUT2D eigenvalue weighted by Crippen LogP contribution is 2.27. The molecule has 2 N–H and O–H groups in total. The first-order valence-corrected chi connectivity index (χ1v) is 8.61. The molecule has 2 heterocycles. The standard InChI is InChI=1S/C16H15ClN2O4S/c17-11-3-1-10(2-4-11)13-18-12(9-24-13)14(20)19-7-5-16(23,6-8-19)15(21)22/h1-4,9,23H,5-8H2,(H,21,22). The molecule has 0 bridgehead atoms. The largest absolute Gasteiger partial charge is 0.479 e. The molecule has 0 aliphatic carbocycles. The first-order chi connectivity index (χ1) is 11.4. The number of aliphatic hydroxyl groups is 1. The van der Waals surface area contributed by atoms with Crippen LogP contribution in [-0.2, 0) is 4.79 Å². The number of likely N-dealkylation sites (tertiary alicyclic amines) is 1. The molecule has 1 aliphatic heterocycles. The molecule has 8 heteroatoms. The van der Waals surface area contributed by atoms with Crippen molar-refractivity contribution in [3.05, 3.63) is 40.4 Å². The van der Waals surface area contributed by atoms with Crippen LogP contribution < -0.4 is 0 Å². The van der Waals surface area contributed by atoms with Gasteiger partial charge in [0.15, 0.2) is 5.60 Å². The van der Waals surface area contributed by atoms with E-state index in [1.807, 2.05) is 12.1 Å². The Morgan fingerprint density at radius 1 is 1.21 bits per heavy atom. The molecule has 1 amide bonds. The first-order valence-electron chi connectivity index (χ1n) is 7.35. The molecule has 1 aliphatic rings. The lowest BCUT2D eigenvalue weighted by Gasteiger charge is -2.34. The van der Waals surface area contributed by atoms with Gasteiger partial charge in [-0.05, 0) is 12.1 Å². The van der Waals surface area contributed by atoms with Crippen molar-refractivity contribution in [1.82, 2.24) is 9.88 Å². The Bertz CT molecular complexity index is 767. The van der Waals surface area contributed by atoms with E-state index >= 15 is 0 Å². The minimum Gasteiger partial charge on any atom is -0.479 e. The fraction of sp³-hybridized carbons (Fsp3) is 0.312. The molecule has 0 spiro atoms. The molecule has 1 aromatic heterocycles. The van der Waals surface area contributed by atoms with Gasteiger partial charge in [0.1, 0.15) is 10.7 Å². The van der Waals surface area contributed by atoms with Gasteiger partial charge in [-0.25, -0.2) is 9.78 Å². The third kappa shape index (κ3) is 3.28. The van der Waals surface area contributed by atoms with Gasteiger partial charge >= 0.3 is 5.97 Å². The summed E-state index contributed by atoms with van der Waals surface area (Å²) in [5.74, 6) is -1.49. The fourth-order valence-corrected chi connectivity index (χ4v) is 3.48. The maximum absolute atomic E-state index is 12.5. The molecule has 2 aromatic rings. The van der Waals surface area contributed by atoms with Crippen molar-refractivity contribution in [2.75, 3.05) is 13.1 Å². The zero-order valence-electron chi connectivity index (χ0n) is 12.6. The zero-order chi connectivity index (χ0) is 17.3. The van der Waals surface area contributed by atoms with E-state index in [0.717, 1.165) is 5.56 Å². The second kappa shape index (κ2) is 6.51. The van der Waals surface area contributed by atoms with Gasteiger partial charge in [0.25, 0.3) is 5.91 Å². The van der Waals surface area contributed by atoms with E-state index in [9.17, 15) is 14.7 Å². The number of nitrogens with zero attached hydrogens (tertiary/aromatic N) is 2. The number of carboxylic acid groups (broad SMARTS) is 1. The molecule has 0 radical (unpaired) electrons. The topological polar surface area (TPSA) is 90.7 Å². The second-order valence-corrected chi connectivity index (χ2v) is 6.97. The van der Waals surface area contributed by atoms with Gasteiger partial charge in [0.2, 0.25) is 0 Å². The summed E-state index contributed by atoms with van der Waals surface area (Å²) in [7, 11) is 0. The predicted molar refractivity (Wildman–Crippen MR) is 90.3 cm³/mol. The molecule has 24 heavy (non-hydrogen) atoms.